The summed E-state index contributed by atoms with van der Waals surface area (Å²) >= 11 is 0. The molecule has 1 N–H and O–H groups in total. The standard InChI is InChI=1S/C10H13FO2/c1-8(6-12)7-13-10-4-2-3-9(11)5-10/h2-5,8,12H,6-7H2,1H3. The third kappa shape index (κ3) is 3.42. The van der Waals surface area contributed by atoms with E-state index in [-0.39, 0.29) is 18.3 Å². The van der Waals surface area contributed by atoms with Crippen molar-refractivity contribution >= 4 is 0 Å². The quantitative estimate of drug-likeness (QED) is 0.773. The first-order chi connectivity index (χ1) is 6.22. The minimum Gasteiger partial charge on any atom is -0.493 e. The van der Waals surface area contributed by atoms with Gasteiger partial charge in [-0.25, -0.2) is 4.39 Å². The summed E-state index contributed by atoms with van der Waals surface area (Å²) < 4.78 is 17.9. The van der Waals surface area contributed by atoms with Gasteiger partial charge in [-0.3, -0.25) is 0 Å². The van der Waals surface area contributed by atoms with Gasteiger partial charge in [0.05, 0.1) is 6.61 Å². The van der Waals surface area contributed by atoms with E-state index in [0.717, 1.165) is 0 Å². The lowest BCUT2D eigenvalue weighted by Gasteiger charge is -2.09. The van der Waals surface area contributed by atoms with Gasteiger partial charge < -0.3 is 9.84 Å². The van der Waals surface area contributed by atoms with Crippen molar-refractivity contribution in [2.45, 2.75) is 6.92 Å². The van der Waals surface area contributed by atoms with Crippen molar-refractivity contribution < 1.29 is 14.2 Å². The fourth-order valence-electron chi connectivity index (χ4n) is 0.848. The number of hydrogen-bond acceptors (Lipinski definition) is 2. The first-order valence-electron chi connectivity index (χ1n) is 4.21. The molecule has 1 rings (SSSR count). The zero-order chi connectivity index (χ0) is 9.68. The van der Waals surface area contributed by atoms with Crippen molar-refractivity contribution in [2.24, 2.45) is 5.92 Å². The van der Waals surface area contributed by atoms with Crippen LogP contribution < -0.4 is 4.74 Å². The van der Waals surface area contributed by atoms with Crippen LogP contribution in [0.2, 0.25) is 0 Å². The Bertz CT molecular complexity index is 263. The Morgan fingerprint density at radius 2 is 2.31 bits per heavy atom. The number of ether oxygens (including phenoxy) is 1. The summed E-state index contributed by atoms with van der Waals surface area (Å²) in [5.74, 6) is 0.262. The van der Waals surface area contributed by atoms with E-state index in [4.69, 9.17) is 9.84 Å². The maximum Gasteiger partial charge on any atom is 0.126 e. The number of benzene rings is 1. The van der Waals surface area contributed by atoms with Gasteiger partial charge in [0.1, 0.15) is 11.6 Å². The molecule has 72 valence electrons. The molecule has 0 bridgehead atoms. The molecule has 1 unspecified atom stereocenters. The summed E-state index contributed by atoms with van der Waals surface area (Å²) in [5.41, 5.74) is 0. The molecule has 0 saturated heterocycles. The van der Waals surface area contributed by atoms with Gasteiger partial charge in [-0.2, -0.15) is 0 Å². The topological polar surface area (TPSA) is 29.5 Å². The number of hydrogen-bond donors (Lipinski definition) is 1. The van der Waals surface area contributed by atoms with Crippen molar-refractivity contribution in [1.29, 1.82) is 0 Å². The molecule has 0 fully saturated rings. The Morgan fingerprint density at radius 1 is 1.54 bits per heavy atom. The second-order valence-corrected chi connectivity index (χ2v) is 3.06. The third-order valence-electron chi connectivity index (χ3n) is 1.64. The highest BCUT2D eigenvalue weighted by Crippen LogP contribution is 2.12. The van der Waals surface area contributed by atoms with E-state index in [2.05, 4.69) is 0 Å². The Hall–Kier alpha value is -1.09. The van der Waals surface area contributed by atoms with E-state index < -0.39 is 0 Å². The van der Waals surface area contributed by atoms with E-state index in [1.165, 1.54) is 12.1 Å². The molecule has 0 aromatic heterocycles. The lowest BCUT2D eigenvalue weighted by Crippen LogP contribution is -2.12. The summed E-state index contributed by atoms with van der Waals surface area (Å²) in [7, 11) is 0. The molecule has 0 spiro atoms. The van der Waals surface area contributed by atoms with Gasteiger partial charge in [0.25, 0.3) is 0 Å². The minimum atomic E-state index is -0.311. The second kappa shape index (κ2) is 4.82. The van der Waals surface area contributed by atoms with Gasteiger partial charge in [0.2, 0.25) is 0 Å². The van der Waals surface area contributed by atoms with Crippen LogP contribution in [0.25, 0.3) is 0 Å². The molecule has 0 amide bonds. The van der Waals surface area contributed by atoms with Gasteiger partial charge in [-0.15, -0.1) is 0 Å². The molecule has 1 atom stereocenters. The van der Waals surface area contributed by atoms with Gasteiger partial charge in [0, 0.05) is 18.6 Å². The summed E-state index contributed by atoms with van der Waals surface area (Å²) in [4.78, 5) is 0. The number of halogens is 1. The fourth-order valence-corrected chi connectivity index (χ4v) is 0.848. The molecule has 1 aromatic rings. The Morgan fingerprint density at radius 3 is 2.92 bits per heavy atom. The molecule has 0 saturated carbocycles. The van der Waals surface area contributed by atoms with Crippen molar-refractivity contribution in [3.63, 3.8) is 0 Å². The van der Waals surface area contributed by atoms with Crippen molar-refractivity contribution in [3.8, 4) is 5.75 Å². The van der Waals surface area contributed by atoms with Crippen molar-refractivity contribution in [2.75, 3.05) is 13.2 Å². The minimum absolute atomic E-state index is 0.0725. The Labute approximate surface area is 77.0 Å². The molecule has 0 radical (unpaired) electrons. The fraction of sp³-hybridized carbons (Fsp3) is 0.400. The summed E-state index contributed by atoms with van der Waals surface area (Å²) in [6.07, 6.45) is 0. The lowest BCUT2D eigenvalue weighted by molar-refractivity contribution is 0.174. The maximum absolute atomic E-state index is 12.6. The molecule has 1 aromatic carbocycles. The highest BCUT2D eigenvalue weighted by molar-refractivity contribution is 5.22. The second-order valence-electron chi connectivity index (χ2n) is 3.06. The van der Waals surface area contributed by atoms with Crippen LogP contribution in [0.1, 0.15) is 6.92 Å². The van der Waals surface area contributed by atoms with E-state index in [1.54, 1.807) is 12.1 Å². The summed E-state index contributed by atoms with van der Waals surface area (Å²) in [6, 6.07) is 5.97. The molecule has 2 nitrogen and oxygen atoms in total. The first-order valence-corrected chi connectivity index (χ1v) is 4.21. The van der Waals surface area contributed by atoms with Crippen molar-refractivity contribution in [1.82, 2.24) is 0 Å². The van der Waals surface area contributed by atoms with Crippen molar-refractivity contribution in [3.05, 3.63) is 30.1 Å². The van der Waals surface area contributed by atoms with Crippen LogP contribution in [0.4, 0.5) is 4.39 Å². The van der Waals surface area contributed by atoms with Crippen LogP contribution >= 0.6 is 0 Å². The molecule has 0 aliphatic carbocycles. The van der Waals surface area contributed by atoms with E-state index in [1.807, 2.05) is 6.92 Å². The average molecular weight is 184 g/mol. The predicted octanol–water partition coefficient (Wildman–Crippen LogP) is 1.83. The third-order valence-corrected chi connectivity index (χ3v) is 1.64. The molecular formula is C10H13FO2. The van der Waals surface area contributed by atoms with E-state index in [0.29, 0.717) is 12.4 Å². The zero-order valence-electron chi connectivity index (χ0n) is 7.53. The van der Waals surface area contributed by atoms with Crippen LogP contribution in [0, 0.1) is 11.7 Å². The average Bonchev–Trinajstić information content (AvgIpc) is 2.14. The van der Waals surface area contributed by atoms with Crippen LogP contribution in [-0.2, 0) is 0 Å². The number of rotatable bonds is 4. The zero-order valence-corrected chi connectivity index (χ0v) is 7.53. The molecule has 3 heteroatoms. The van der Waals surface area contributed by atoms with E-state index >= 15 is 0 Å². The number of aliphatic hydroxyl groups is 1. The smallest absolute Gasteiger partial charge is 0.126 e. The van der Waals surface area contributed by atoms with Crippen LogP contribution in [0.5, 0.6) is 5.75 Å². The van der Waals surface area contributed by atoms with Crippen LogP contribution in [-0.4, -0.2) is 18.3 Å². The van der Waals surface area contributed by atoms with E-state index in [9.17, 15) is 4.39 Å². The number of aliphatic hydroxyl groups excluding tert-OH is 1. The Kier molecular flexibility index (Phi) is 3.71. The molecule has 0 aliphatic heterocycles. The lowest BCUT2D eigenvalue weighted by atomic mass is 10.2. The van der Waals surface area contributed by atoms with Crippen LogP contribution in [0.15, 0.2) is 24.3 Å². The normalized spacial score (nSPS) is 12.5. The Balaban J connectivity index is 2.45. The molecular weight excluding hydrogens is 171 g/mol. The summed E-state index contributed by atoms with van der Waals surface area (Å²) in [6.45, 7) is 2.34. The molecule has 0 aliphatic rings. The molecule has 0 heterocycles. The maximum atomic E-state index is 12.6. The van der Waals surface area contributed by atoms with Gasteiger partial charge in [-0.1, -0.05) is 13.0 Å². The first kappa shape index (κ1) is 9.99. The monoisotopic (exact) mass is 184 g/mol. The SMILES string of the molecule is CC(CO)COc1cccc(F)c1. The van der Waals surface area contributed by atoms with Gasteiger partial charge in [-0.05, 0) is 12.1 Å². The van der Waals surface area contributed by atoms with Crippen LogP contribution in [0.3, 0.4) is 0 Å². The largest absolute Gasteiger partial charge is 0.493 e. The predicted molar refractivity (Wildman–Crippen MR) is 48.1 cm³/mol. The highest BCUT2D eigenvalue weighted by atomic mass is 19.1. The van der Waals surface area contributed by atoms with Gasteiger partial charge >= 0.3 is 0 Å². The van der Waals surface area contributed by atoms with Gasteiger partial charge in [0.15, 0.2) is 0 Å². The molecule has 13 heavy (non-hydrogen) atoms. The summed E-state index contributed by atoms with van der Waals surface area (Å²) in [5, 5.41) is 8.71. The highest BCUT2D eigenvalue weighted by Gasteiger charge is 2.01.